The molecular formula is C16H18N4O2. The van der Waals surface area contributed by atoms with E-state index in [-0.39, 0.29) is 18.6 Å². The smallest absolute Gasteiger partial charge is 0.410 e. The largest absolute Gasteiger partial charge is 0.445 e. The number of aromatic nitrogens is 3. The van der Waals surface area contributed by atoms with Crippen LogP contribution in [0, 0.1) is 0 Å². The Morgan fingerprint density at radius 1 is 1.41 bits per heavy atom. The van der Waals surface area contributed by atoms with Crippen molar-refractivity contribution in [1.29, 1.82) is 0 Å². The molecular weight excluding hydrogens is 280 g/mol. The number of hydrogen-bond donors (Lipinski definition) is 1. The Bertz CT molecular complexity index is 639. The van der Waals surface area contributed by atoms with Crippen molar-refractivity contribution in [2.75, 3.05) is 13.1 Å². The molecule has 1 aromatic heterocycles. The summed E-state index contributed by atoms with van der Waals surface area (Å²) in [4.78, 5) is 18.1. The number of piperidine rings is 1. The Morgan fingerprint density at radius 3 is 2.95 bits per heavy atom. The molecule has 1 saturated heterocycles. The van der Waals surface area contributed by atoms with Gasteiger partial charge < -0.3 is 9.64 Å². The van der Waals surface area contributed by atoms with E-state index in [9.17, 15) is 4.79 Å². The van der Waals surface area contributed by atoms with Gasteiger partial charge in [0.15, 0.2) is 0 Å². The van der Waals surface area contributed by atoms with E-state index in [0.29, 0.717) is 13.1 Å². The van der Waals surface area contributed by atoms with E-state index >= 15 is 0 Å². The zero-order chi connectivity index (χ0) is 15.4. The van der Waals surface area contributed by atoms with Crippen LogP contribution in [-0.4, -0.2) is 39.3 Å². The molecule has 1 N–H and O–H groups in total. The minimum Gasteiger partial charge on any atom is -0.445 e. The third-order valence-electron chi connectivity index (χ3n) is 3.67. The third kappa shape index (κ3) is 3.33. The number of carbonyl (C=O) groups excluding carboxylic acids is 1. The fourth-order valence-corrected chi connectivity index (χ4v) is 2.62. The summed E-state index contributed by atoms with van der Waals surface area (Å²) in [5.74, 6) is 0.870. The lowest BCUT2D eigenvalue weighted by molar-refractivity contribution is 0.0923. The van der Waals surface area contributed by atoms with Gasteiger partial charge in [-0.25, -0.2) is 9.78 Å². The standard InChI is InChI=1S/C16H18N4O2/c1-12-7-14(15-17-11-18-19-15)9-20(8-12)16(21)22-10-13-5-3-2-4-6-13/h2-6,11,14H,1,7-10H2,(H,17,18,19). The second kappa shape index (κ2) is 6.43. The van der Waals surface area contributed by atoms with Crippen LogP contribution < -0.4 is 0 Å². The second-order valence-electron chi connectivity index (χ2n) is 5.44. The summed E-state index contributed by atoms with van der Waals surface area (Å²) in [6.07, 6.45) is 1.96. The average molecular weight is 298 g/mol. The third-order valence-corrected chi connectivity index (χ3v) is 3.67. The molecule has 1 aromatic carbocycles. The fraction of sp³-hybridized carbons (Fsp3) is 0.312. The van der Waals surface area contributed by atoms with Gasteiger partial charge in [-0.05, 0) is 12.0 Å². The Balaban J connectivity index is 1.60. The zero-order valence-electron chi connectivity index (χ0n) is 12.2. The van der Waals surface area contributed by atoms with Crippen molar-refractivity contribution in [2.24, 2.45) is 0 Å². The maximum atomic E-state index is 12.2. The van der Waals surface area contributed by atoms with E-state index in [4.69, 9.17) is 4.74 Å². The number of nitrogens with one attached hydrogen (secondary N) is 1. The van der Waals surface area contributed by atoms with E-state index in [0.717, 1.165) is 23.4 Å². The van der Waals surface area contributed by atoms with Crippen LogP contribution in [-0.2, 0) is 11.3 Å². The minimum atomic E-state index is -0.325. The van der Waals surface area contributed by atoms with Crippen molar-refractivity contribution < 1.29 is 9.53 Å². The summed E-state index contributed by atoms with van der Waals surface area (Å²) >= 11 is 0. The van der Waals surface area contributed by atoms with Crippen LogP contribution in [0.1, 0.15) is 23.7 Å². The van der Waals surface area contributed by atoms with E-state index in [2.05, 4.69) is 21.8 Å². The van der Waals surface area contributed by atoms with Gasteiger partial charge in [0.05, 0.1) is 0 Å². The normalized spacial score (nSPS) is 18.3. The van der Waals surface area contributed by atoms with Crippen LogP contribution in [0.3, 0.4) is 0 Å². The van der Waals surface area contributed by atoms with E-state index in [1.165, 1.54) is 6.33 Å². The molecule has 1 fully saturated rings. The molecule has 2 aromatic rings. The van der Waals surface area contributed by atoms with Crippen molar-refractivity contribution in [2.45, 2.75) is 18.9 Å². The van der Waals surface area contributed by atoms with Crippen molar-refractivity contribution in [3.05, 3.63) is 60.2 Å². The molecule has 3 rings (SSSR count). The van der Waals surface area contributed by atoms with Gasteiger partial charge in [0.1, 0.15) is 18.8 Å². The topological polar surface area (TPSA) is 71.1 Å². The molecule has 6 heteroatoms. The fourth-order valence-electron chi connectivity index (χ4n) is 2.62. The molecule has 1 amide bonds. The van der Waals surface area contributed by atoms with E-state index in [1.807, 2.05) is 30.3 Å². The van der Waals surface area contributed by atoms with Gasteiger partial charge in [-0.15, -0.1) is 0 Å². The minimum absolute atomic E-state index is 0.0908. The van der Waals surface area contributed by atoms with Gasteiger partial charge in [-0.1, -0.05) is 42.5 Å². The summed E-state index contributed by atoms with van der Waals surface area (Å²) in [6.45, 7) is 5.37. The molecule has 0 saturated carbocycles. The lowest BCUT2D eigenvalue weighted by atomic mass is 9.94. The first-order valence-electron chi connectivity index (χ1n) is 7.20. The lowest BCUT2D eigenvalue weighted by Crippen LogP contribution is -2.40. The number of hydrogen-bond acceptors (Lipinski definition) is 4. The number of amides is 1. The number of carbonyl (C=O) groups is 1. The summed E-state index contributed by atoms with van der Waals surface area (Å²) in [5.41, 5.74) is 1.96. The molecule has 22 heavy (non-hydrogen) atoms. The van der Waals surface area contributed by atoms with Gasteiger partial charge in [-0.2, -0.15) is 5.10 Å². The molecule has 2 heterocycles. The highest BCUT2D eigenvalue weighted by Gasteiger charge is 2.29. The molecule has 0 bridgehead atoms. The molecule has 6 nitrogen and oxygen atoms in total. The maximum absolute atomic E-state index is 12.2. The van der Waals surface area contributed by atoms with Crippen molar-refractivity contribution in [1.82, 2.24) is 20.1 Å². The van der Waals surface area contributed by atoms with Crippen molar-refractivity contribution in [3.8, 4) is 0 Å². The van der Waals surface area contributed by atoms with Crippen molar-refractivity contribution >= 4 is 6.09 Å². The molecule has 1 aliphatic heterocycles. The second-order valence-corrected chi connectivity index (χ2v) is 5.44. The number of benzene rings is 1. The Labute approximate surface area is 128 Å². The van der Waals surface area contributed by atoms with Crippen LogP contribution in [0.2, 0.25) is 0 Å². The predicted octanol–water partition coefficient (Wildman–Crippen LogP) is 2.49. The maximum Gasteiger partial charge on any atom is 0.410 e. The molecule has 1 atom stereocenters. The summed E-state index contributed by atoms with van der Waals surface area (Å²) in [5, 5.41) is 6.73. The molecule has 1 unspecified atom stereocenters. The number of likely N-dealkylation sites (tertiary alicyclic amines) is 1. The first-order valence-corrected chi connectivity index (χ1v) is 7.20. The van der Waals surface area contributed by atoms with Crippen LogP contribution in [0.4, 0.5) is 4.79 Å². The Morgan fingerprint density at radius 2 is 2.23 bits per heavy atom. The highest BCUT2D eigenvalue weighted by Crippen LogP contribution is 2.27. The Kier molecular flexibility index (Phi) is 4.18. The molecule has 1 aliphatic rings. The Hall–Kier alpha value is -2.63. The van der Waals surface area contributed by atoms with Crippen LogP contribution >= 0.6 is 0 Å². The molecule has 0 aliphatic carbocycles. The summed E-state index contributed by atoms with van der Waals surface area (Å²) in [6, 6.07) is 9.64. The first kappa shape index (κ1) is 14.3. The number of rotatable bonds is 3. The average Bonchev–Trinajstić information content (AvgIpc) is 3.07. The number of nitrogens with zero attached hydrogens (tertiary/aromatic N) is 3. The van der Waals surface area contributed by atoms with Crippen LogP contribution in [0.15, 0.2) is 48.8 Å². The molecule has 0 spiro atoms. The van der Waals surface area contributed by atoms with Gasteiger partial charge in [0.25, 0.3) is 0 Å². The quantitative estimate of drug-likeness (QED) is 0.884. The summed E-state index contributed by atoms with van der Waals surface area (Å²) in [7, 11) is 0. The predicted molar refractivity (Wildman–Crippen MR) is 81.1 cm³/mol. The monoisotopic (exact) mass is 298 g/mol. The van der Waals surface area contributed by atoms with Gasteiger partial charge in [0, 0.05) is 19.0 Å². The van der Waals surface area contributed by atoms with Gasteiger partial charge in [-0.3, -0.25) is 5.10 Å². The van der Waals surface area contributed by atoms with Crippen LogP contribution in [0.25, 0.3) is 0 Å². The lowest BCUT2D eigenvalue weighted by Gasteiger charge is -2.32. The molecule has 114 valence electrons. The highest BCUT2D eigenvalue weighted by molar-refractivity contribution is 5.68. The zero-order valence-corrected chi connectivity index (χ0v) is 12.2. The molecule has 0 radical (unpaired) electrons. The van der Waals surface area contributed by atoms with Gasteiger partial charge in [0.2, 0.25) is 0 Å². The number of aromatic amines is 1. The SMILES string of the molecule is C=C1CC(c2ncn[nH]2)CN(C(=O)OCc2ccccc2)C1. The van der Waals surface area contributed by atoms with Crippen LogP contribution in [0.5, 0.6) is 0 Å². The van der Waals surface area contributed by atoms with E-state index in [1.54, 1.807) is 4.90 Å². The van der Waals surface area contributed by atoms with Gasteiger partial charge >= 0.3 is 6.09 Å². The number of H-pyrrole nitrogens is 1. The first-order chi connectivity index (χ1) is 10.7. The van der Waals surface area contributed by atoms with E-state index < -0.39 is 0 Å². The number of ether oxygens (including phenoxy) is 1. The van der Waals surface area contributed by atoms with Crippen molar-refractivity contribution in [3.63, 3.8) is 0 Å². The highest BCUT2D eigenvalue weighted by atomic mass is 16.6. The summed E-state index contributed by atoms with van der Waals surface area (Å²) < 4.78 is 5.38.